The van der Waals surface area contributed by atoms with E-state index >= 15 is 0 Å². The van der Waals surface area contributed by atoms with Crippen LogP contribution in [-0.2, 0) is 4.79 Å². The van der Waals surface area contributed by atoms with Crippen LogP contribution in [-0.4, -0.2) is 25.5 Å². The Balaban J connectivity index is 2.27. The third-order valence-electron chi connectivity index (χ3n) is 2.70. The van der Waals surface area contributed by atoms with E-state index in [1.807, 2.05) is 0 Å². The van der Waals surface area contributed by atoms with Gasteiger partial charge >= 0.3 is 0 Å². The lowest BCUT2D eigenvalue weighted by molar-refractivity contribution is -0.118. The summed E-state index contributed by atoms with van der Waals surface area (Å²) >= 11 is 0. The summed E-state index contributed by atoms with van der Waals surface area (Å²) in [5.74, 6) is -0.398. The van der Waals surface area contributed by atoms with E-state index in [9.17, 15) is 9.18 Å². The number of nitrogens with zero attached hydrogens (tertiary/aromatic N) is 1. The average molecular weight is 208 g/mol. The van der Waals surface area contributed by atoms with Gasteiger partial charge in [0.05, 0.1) is 11.7 Å². The summed E-state index contributed by atoms with van der Waals surface area (Å²) in [5.41, 5.74) is 0.375. The minimum atomic E-state index is -0.345. The van der Waals surface area contributed by atoms with Gasteiger partial charge in [0.2, 0.25) is 5.91 Å². The van der Waals surface area contributed by atoms with Crippen LogP contribution in [0, 0.1) is 5.82 Å². The summed E-state index contributed by atoms with van der Waals surface area (Å²) in [6.07, 6.45) is 0.726. The molecule has 1 N–H and O–H groups in total. The number of carbonyl (C=O) groups is 1. The van der Waals surface area contributed by atoms with Crippen LogP contribution in [0.4, 0.5) is 10.1 Å². The average Bonchev–Trinajstić information content (AvgIpc) is 2.60. The Labute approximate surface area is 87.9 Å². The highest BCUT2D eigenvalue weighted by molar-refractivity contribution is 5.99. The Kier molecular flexibility index (Phi) is 2.68. The van der Waals surface area contributed by atoms with Gasteiger partial charge in [-0.15, -0.1) is 0 Å². The van der Waals surface area contributed by atoms with E-state index in [0.717, 1.165) is 6.42 Å². The molecule has 1 atom stereocenters. The second-order valence-electron chi connectivity index (χ2n) is 3.57. The molecule has 1 heterocycles. The van der Waals surface area contributed by atoms with Crippen LogP contribution in [0.2, 0.25) is 0 Å². The summed E-state index contributed by atoms with van der Waals surface area (Å²) in [4.78, 5) is 13.3. The number of anilines is 1. The smallest absolute Gasteiger partial charge is 0.244 e. The SMILES string of the molecule is CNC1CCN(c2ccccc2F)C1=O. The van der Waals surface area contributed by atoms with Crippen molar-refractivity contribution in [3.05, 3.63) is 30.1 Å². The maximum Gasteiger partial charge on any atom is 0.244 e. The van der Waals surface area contributed by atoms with Crippen LogP contribution in [0.25, 0.3) is 0 Å². The summed E-state index contributed by atoms with van der Waals surface area (Å²) in [6, 6.07) is 6.18. The van der Waals surface area contributed by atoms with Crippen molar-refractivity contribution in [2.75, 3.05) is 18.5 Å². The van der Waals surface area contributed by atoms with Crippen LogP contribution in [0.1, 0.15) is 6.42 Å². The van der Waals surface area contributed by atoms with Gasteiger partial charge in [-0.25, -0.2) is 4.39 Å². The third kappa shape index (κ3) is 1.72. The van der Waals surface area contributed by atoms with Crippen molar-refractivity contribution in [2.24, 2.45) is 0 Å². The molecule has 0 bridgehead atoms. The Bertz CT molecular complexity index is 381. The lowest BCUT2D eigenvalue weighted by atomic mass is 10.2. The molecule has 0 aliphatic carbocycles. The minimum Gasteiger partial charge on any atom is -0.309 e. The van der Waals surface area contributed by atoms with Gasteiger partial charge < -0.3 is 10.2 Å². The van der Waals surface area contributed by atoms with Crippen molar-refractivity contribution in [3.63, 3.8) is 0 Å². The monoisotopic (exact) mass is 208 g/mol. The van der Waals surface area contributed by atoms with Crippen LogP contribution in [0.5, 0.6) is 0 Å². The zero-order valence-electron chi connectivity index (χ0n) is 8.53. The Hall–Kier alpha value is -1.42. The van der Waals surface area contributed by atoms with Gasteiger partial charge in [-0.3, -0.25) is 4.79 Å². The number of hydrogen-bond acceptors (Lipinski definition) is 2. The second kappa shape index (κ2) is 3.98. The fraction of sp³-hybridized carbons (Fsp3) is 0.364. The topological polar surface area (TPSA) is 32.3 Å². The van der Waals surface area contributed by atoms with Gasteiger partial charge in [-0.2, -0.15) is 0 Å². The molecular weight excluding hydrogens is 195 g/mol. The summed E-state index contributed by atoms with van der Waals surface area (Å²) in [7, 11) is 1.74. The number of carbonyl (C=O) groups excluding carboxylic acids is 1. The van der Waals surface area contributed by atoms with E-state index in [2.05, 4.69) is 5.32 Å². The van der Waals surface area contributed by atoms with Crippen molar-refractivity contribution >= 4 is 11.6 Å². The molecule has 0 saturated carbocycles. The zero-order chi connectivity index (χ0) is 10.8. The number of halogens is 1. The normalized spacial score (nSPS) is 21.1. The number of amides is 1. The molecule has 1 fully saturated rings. The molecular formula is C11H13FN2O. The Morgan fingerprint density at radius 1 is 1.47 bits per heavy atom. The second-order valence-corrected chi connectivity index (χ2v) is 3.57. The fourth-order valence-corrected chi connectivity index (χ4v) is 1.86. The van der Waals surface area contributed by atoms with Crippen molar-refractivity contribution in [1.29, 1.82) is 0 Å². The molecule has 1 saturated heterocycles. The number of para-hydroxylation sites is 1. The molecule has 0 radical (unpaired) electrons. The molecule has 1 aliphatic rings. The maximum atomic E-state index is 13.4. The van der Waals surface area contributed by atoms with E-state index in [4.69, 9.17) is 0 Å². The van der Waals surface area contributed by atoms with E-state index < -0.39 is 0 Å². The van der Waals surface area contributed by atoms with Gasteiger partial charge in [0.25, 0.3) is 0 Å². The van der Waals surface area contributed by atoms with Crippen molar-refractivity contribution in [1.82, 2.24) is 5.32 Å². The summed E-state index contributed by atoms with van der Waals surface area (Å²) in [6.45, 7) is 0.575. The Morgan fingerprint density at radius 3 is 2.80 bits per heavy atom. The van der Waals surface area contributed by atoms with E-state index in [-0.39, 0.29) is 17.8 Å². The lowest BCUT2D eigenvalue weighted by Gasteiger charge is -2.17. The Morgan fingerprint density at radius 2 is 2.20 bits per heavy atom. The van der Waals surface area contributed by atoms with E-state index in [1.54, 1.807) is 25.2 Å². The van der Waals surface area contributed by atoms with Crippen LogP contribution in [0.3, 0.4) is 0 Å². The van der Waals surface area contributed by atoms with Crippen molar-refractivity contribution < 1.29 is 9.18 Å². The van der Waals surface area contributed by atoms with Gasteiger partial charge in [0.15, 0.2) is 0 Å². The predicted molar refractivity (Wildman–Crippen MR) is 56.2 cm³/mol. The third-order valence-corrected chi connectivity index (χ3v) is 2.70. The van der Waals surface area contributed by atoms with Gasteiger partial charge in [0.1, 0.15) is 5.82 Å². The molecule has 3 nitrogen and oxygen atoms in total. The first-order valence-electron chi connectivity index (χ1n) is 4.97. The van der Waals surface area contributed by atoms with Crippen molar-refractivity contribution in [3.8, 4) is 0 Å². The number of rotatable bonds is 2. The standard InChI is InChI=1S/C11H13FN2O/c1-13-9-6-7-14(11(9)15)10-5-3-2-4-8(10)12/h2-5,9,13H,6-7H2,1H3. The molecule has 0 spiro atoms. The molecule has 1 aromatic carbocycles. The maximum absolute atomic E-state index is 13.4. The summed E-state index contributed by atoms with van der Waals surface area (Å²) < 4.78 is 13.4. The first kappa shape index (κ1) is 10.1. The lowest BCUT2D eigenvalue weighted by Crippen LogP contribution is -2.36. The highest BCUT2D eigenvalue weighted by Crippen LogP contribution is 2.23. The van der Waals surface area contributed by atoms with E-state index in [1.165, 1.54) is 11.0 Å². The first-order chi connectivity index (χ1) is 7.24. The fourth-order valence-electron chi connectivity index (χ4n) is 1.86. The zero-order valence-corrected chi connectivity index (χ0v) is 8.53. The number of likely N-dealkylation sites (N-methyl/N-ethyl adjacent to an activating group) is 1. The highest BCUT2D eigenvalue weighted by Gasteiger charge is 2.32. The molecule has 0 aromatic heterocycles. The number of benzene rings is 1. The minimum absolute atomic E-state index is 0.0531. The molecule has 1 aromatic rings. The van der Waals surface area contributed by atoms with Crippen LogP contribution < -0.4 is 10.2 Å². The van der Waals surface area contributed by atoms with E-state index in [0.29, 0.717) is 12.2 Å². The summed E-state index contributed by atoms with van der Waals surface area (Å²) in [5, 5.41) is 2.92. The van der Waals surface area contributed by atoms with Gasteiger partial charge in [-0.1, -0.05) is 12.1 Å². The first-order valence-corrected chi connectivity index (χ1v) is 4.97. The highest BCUT2D eigenvalue weighted by atomic mass is 19.1. The molecule has 4 heteroatoms. The van der Waals surface area contributed by atoms with Crippen molar-refractivity contribution in [2.45, 2.75) is 12.5 Å². The number of hydrogen-bond donors (Lipinski definition) is 1. The molecule has 15 heavy (non-hydrogen) atoms. The predicted octanol–water partition coefficient (Wildman–Crippen LogP) is 1.15. The molecule has 1 amide bonds. The molecule has 80 valence electrons. The van der Waals surface area contributed by atoms with Gasteiger partial charge in [-0.05, 0) is 25.6 Å². The number of nitrogens with one attached hydrogen (secondary N) is 1. The van der Waals surface area contributed by atoms with Crippen LogP contribution in [0.15, 0.2) is 24.3 Å². The van der Waals surface area contributed by atoms with Crippen LogP contribution >= 0.6 is 0 Å². The van der Waals surface area contributed by atoms with Gasteiger partial charge in [0, 0.05) is 6.54 Å². The molecule has 2 rings (SSSR count). The quantitative estimate of drug-likeness (QED) is 0.790. The molecule has 1 aliphatic heterocycles. The molecule has 1 unspecified atom stereocenters. The largest absolute Gasteiger partial charge is 0.309 e.